The van der Waals surface area contributed by atoms with Crippen molar-refractivity contribution in [2.24, 2.45) is 11.7 Å². The summed E-state index contributed by atoms with van der Waals surface area (Å²) in [6.45, 7) is 2.11. The Morgan fingerprint density at radius 2 is 2.19 bits per heavy atom. The molecule has 0 aromatic heterocycles. The highest BCUT2D eigenvalue weighted by Gasteiger charge is 2.37. The van der Waals surface area contributed by atoms with Crippen molar-refractivity contribution in [3.63, 3.8) is 0 Å². The minimum atomic E-state index is -0.786. The number of likely N-dealkylation sites (N-methyl/N-ethyl adjacent to an activating group) is 1. The fraction of sp³-hybridized carbons (Fsp3) is 0.818. The summed E-state index contributed by atoms with van der Waals surface area (Å²) in [7, 11) is 1.54. The average Bonchev–Trinajstić information content (AvgIpc) is 2.24. The standard InChI is InChI=1S/C11H21N3O2/c1-8-4-3-5-11(12,6-8)10(16)14-7-9(15)13-2/h8H,3-7,12H2,1-2H3,(H,13,15)(H,14,16). The molecule has 5 heteroatoms. The molecule has 0 bridgehead atoms. The molecule has 2 atom stereocenters. The van der Waals surface area contributed by atoms with Crippen LogP contribution in [0.3, 0.4) is 0 Å². The predicted octanol–water partition coefficient (Wildman–Crippen LogP) is -0.244. The third-order valence-corrected chi connectivity index (χ3v) is 3.17. The number of nitrogens with one attached hydrogen (secondary N) is 2. The summed E-state index contributed by atoms with van der Waals surface area (Å²) < 4.78 is 0. The van der Waals surface area contributed by atoms with Gasteiger partial charge in [0.05, 0.1) is 12.1 Å². The number of amides is 2. The summed E-state index contributed by atoms with van der Waals surface area (Å²) in [6.07, 6.45) is 3.51. The maximum Gasteiger partial charge on any atom is 0.240 e. The quantitative estimate of drug-likeness (QED) is 0.622. The van der Waals surface area contributed by atoms with Crippen LogP contribution in [0.2, 0.25) is 0 Å². The number of nitrogens with two attached hydrogens (primary N) is 1. The summed E-state index contributed by atoms with van der Waals surface area (Å²) in [4.78, 5) is 22.9. The minimum absolute atomic E-state index is 0.00264. The van der Waals surface area contributed by atoms with Crippen molar-refractivity contribution in [2.75, 3.05) is 13.6 Å². The molecule has 5 nitrogen and oxygen atoms in total. The first-order valence-corrected chi connectivity index (χ1v) is 5.75. The lowest BCUT2D eigenvalue weighted by Crippen LogP contribution is -2.57. The third kappa shape index (κ3) is 3.20. The van der Waals surface area contributed by atoms with Gasteiger partial charge in [0.1, 0.15) is 0 Å². The molecule has 0 heterocycles. The third-order valence-electron chi connectivity index (χ3n) is 3.17. The molecule has 1 fully saturated rings. The molecule has 2 unspecified atom stereocenters. The van der Waals surface area contributed by atoms with Gasteiger partial charge in [-0.2, -0.15) is 0 Å². The van der Waals surface area contributed by atoms with Gasteiger partial charge in [0.25, 0.3) is 0 Å². The second-order valence-corrected chi connectivity index (χ2v) is 4.71. The summed E-state index contributed by atoms with van der Waals surface area (Å²) >= 11 is 0. The van der Waals surface area contributed by atoms with Gasteiger partial charge in [0.15, 0.2) is 0 Å². The van der Waals surface area contributed by atoms with E-state index in [2.05, 4.69) is 17.6 Å². The first kappa shape index (κ1) is 13.0. The second kappa shape index (κ2) is 5.30. The van der Waals surface area contributed by atoms with Crippen LogP contribution in [0.1, 0.15) is 32.6 Å². The normalized spacial score (nSPS) is 29.6. The van der Waals surface area contributed by atoms with Gasteiger partial charge in [-0.3, -0.25) is 9.59 Å². The first-order chi connectivity index (χ1) is 7.48. The molecule has 0 aromatic carbocycles. The van der Waals surface area contributed by atoms with Gasteiger partial charge in [-0.1, -0.05) is 19.8 Å². The lowest BCUT2D eigenvalue weighted by atomic mass is 9.76. The van der Waals surface area contributed by atoms with Gasteiger partial charge in [-0.15, -0.1) is 0 Å². The van der Waals surface area contributed by atoms with E-state index in [4.69, 9.17) is 5.73 Å². The van der Waals surface area contributed by atoms with E-state index in [0.29, 0.717) is 18.8 Å². The monoisotopic (exact) mass is 227 g/mol. The molecule has 1 rings (SSSR count). The van der Waals surface area contributed by atoms with Crippen molar-refractivity contribution in [3.05, 3.63) is 0 Å². The Morgan fingerprint density at radius 3 is 2.75 bits per heavy atom. The largest absolute Gasteiger partial charge is 0.358 e. The predicted molar refractivity (Wildman–Crippen MR) is 61.6 cm³/mol. The van der Waals surface area contributed by atoms with Crippen molar-refractivity contribution in [2.45, 2.75) is 38.1 Å². The van der Waals surface area contributed by atoms with Gasteiger partial charge in [0, 0.05) is 7.05 Å². The van der Waals surface area contributed by atoms with Crippen LogP contribution in [0, 0.1) is 5.92 Å². The Labute approximate surface area is 96.1 Å². The number of carbonyl (C=O) groups excluding carboxylic acids is 2. The van der Waals surface area contributed by atoms with Crippen molar-refractivity contribution in [1.82, 2.24) is 10.6 Å². The highest BCUT2D eigenvalue weighted by Crippen LogP contribution is 2.30. The van der Waals surface area contributed by atoms with E-state index in [-0.39, 0.29) is 18.4 Å². The molecule has 92 valence electrons. The zero-order valence-electron chi connectivity index (χ0n) is 10.0. The second-order valence-electron chi connectivity index (χ2n) is 4.71. The van der Waals surface area contributed by atoms with E-state index >= 15 is 0 Å². The van der Waals surface area contributed by atoms with Crippen LogP contribution in [0.25, 0.3) is 0 Å². The Balaban J connectivity index is 2.48. The number of hydrogen-bond donors (Lipinski definition) is 3. The molecule has 0 aromatic rings. The highest BCUT2D eigenvalue weighted by atomic mass is 16.2. The van der Waals surface area contributed by atoms with Crippen molar-refractivity contribution < 1.29 is 9.59 Å². The molecule has 4 N–H and O–H groups in total. The van der Waals surface area contributed by atoms with E-state index in [1.807, 2.05) is 0 Å². The van der Waals surface area contributed by atoms with Crippen LogP contribution in [-0.2, 0) is 9.59 Å². The van der Waals surface area contributed by atoms with E-state index in [1.54, 1.807) is 0 Å². The van der Waals surface area contributed by atoms with Crippen LogP contribution in [0.15, 0.2) is 0 Å². The molecular weight excluding hydrogens is 206 g/mol. The molecule has 0 radical (unpaired) electrons. The van der Waals surface area contributed by atoms with Gasteiger partial charge in [0.2, 0.25) is 11.8 Å². The molecule has 16 heavy (non-hydrogen) atoms. The van der Waals surface area contributed by atoms with Crippen LogP contribution < -0.4 is 16.4 Å². The summed E-state index contributed by atoms with van der Waals surface area (Å²) in [5.41, 5.74) is 5.29. The van der Waals surface area contributed by atoms with Crippen LogP contribution in [-0.4, -0.2) is 30.9 Å². The van der Waals surface area contributed by atoms with E-state index in [0.717, 1.165) is 12.8 Å². The molecule has 1 aliphatic rings. The molecule has 1 saturated carbocycles. The summed E-state index contributed by atoms with van der Waals surface area (Å²) in [6, 6.07) is 0. The van der Waals surface area contributed by atoms with Gasteiger partial charge < -0.3 is 16.4 Å². The summed E-state index contributed by atoms with van der Waals surface area (Å²) in [5, 5.41) is 5.04. The average molecular weight is 227 g/mol. The Kier molecular flexibility index (Phi) is 4.29. The highest BCUT2D eigenvalue weighted by molar-refractivity contribution is 5.90. The Hall–Kier alpha value is -1.10. The zero-order chi connectivity index (χ0) is 12.2. The fourth-order valence-corrected chi connectivity index (χ4v) is 2.22. The Bertz CT molecular complexity index is 280. The molecule has 1 aliphatic carbocycles. The molecular formula is C11H21N3O2. The number of rotatable bonds is 3. The molecule has 0 aliphatic heterocycles. The molecule has 0 saturated heterocycles. The van der Waals surface area contributed by atoms with Crippen LogP contribution in [0.5, 0.6) is 0 Å². The SMILES string of the molecule is CNC(=O)CNC(=O)C1(N)CCCC(C)C1. The van der Waals surface area contributed by atoms with Gasteiger partial charge in [-0.05, 0) is 18.8 Å². The van der Waals surface area contributed by atoms with E-state index < -0.39 is 5.54 Å². The zero-order valence-corrected chi connectivity index (χ0v) is 10.0. The smallest absolute Gasteiger partial charge is 0.240 e. The Morgan fingerprint density at radius 1 is 1.50 bits per heavy atom. The van der Waals surface area contributed by atoms with E-state index in [9.17, 15) is 9.59 Å². The van der Waals surface area contributed by atoms with Crippen molar-refractivity contribution in [3.8, 4) is 0 Å². The molecule has 0 spiro atoms. The molecule has 2 amide bonds. The number of carbonyl (C=O) groups is 2. The number of hydrogen-bond acceptors (Lipinski definition) is 3. The fourth-order valence-electron chi connectivity index (χ4n) is 2.22. The lowest BCUT2D eigenvalue weighted by molar-refractivity contribution is -0.130. The topological polar surface area (TPSA) is 84.2 Å². The van der Waals surface area contributed by atoms with Crippen molar-refractivity contribution >= 4 is 11.8 Å². The first-order valence-electron chi connectivity index (χ1n) is 5.75. The van der Waals surface area contributed by atoms with Crippen LogP contribution in [0.4, 0.5) is 0 Å². The van der Waals surface area contributed by atoms with Crippen molar-refractivity contribution in [1.29, 1.82) is 0 Å². The summed E-state index contributed by atoms with van der Waals surface area (Å²) in [5.74, 6) is 0.0629. The lowest BCUT2D eigenvalue weighted by Gasteiger charge is -2.35. The van der Waals surface area contributed by atoms with Crippen LogP contribution >= 0.6 is 0 Å². The van der Waals surface area contributed by atoms with Gasteiger partial charge in [-0.25, -0.2) is 0 Å². The maximum absolute atomic E-state index is 11.9. The van der Waals surface area contributed by atoms with Gasteiger partial charge >= 0.3 is 0 Å². The minimum Gasteiger partial charge on any atom is -0.358 e. The van der Waals surface area contributed by atoms with E-state index in [1.165, 1.54) is 7.05 Å². The maximum atomic E-state index is 11.9.